The summed E-state index contributed by atoms with van der Waals surface area (Å²) < 4.78 is 0. The van der Waals surface area contributed by atoms with E-state index in [2.05, 4.69) is 16.3 Å². The van der Waals surface area contributed by atoms with Gasteiger partial charge in [-0.2, -0.15) is 10.2 Å². The molecule has 1 heterocycles. The van der Waals surface area contributed by atoms with Gasteiger partial charge in [0.1, 0.15) is 6.29 Å². The highest BCUT2D eigenvalue weighted by Crippen LogP contribution is 2.22. The molecule has 0 aliphatic rings. The van der Waals surface area contributed by atoms with Crippen LogP contribution in [0.2, 0.25) is 0 Å². The van der Waals surface area contributed by atoms with Gasteiger partial charge in [0.05, 0.1) is 12.4 Å². The number of nitrogens with zero attached hydrogens (tertiary/aromatic N) is 2. The van der Waals surface area contributed by atoms with Gasteiger partial charge in [-0.05, 0) is 17.5 Å². The molecule has 1 unspecified atom stereocenters. The minimum absolute atomic E-state index is 0.264. The lowest BCUT2D eigenvalue weighted by Crippen LogP contribution is -1.94. The molecule has 0 saturated carbocycles. The molecule has 1 aromatic carbocycles. The van der Waals surface area contributed by atoms with Crippen molar-refractivity contribution in [2.75, 3.05) is 0 Å². The molecular weight excluding hydrogens is 188 g/mol. The third-order valence-electron chi connectivity index (χ3n) is 2.59. The second-order valence-electron chi connectivity index (χ2n) is 3.68. The van der Waals surface area contributed by atoms with Crippen molar-refractivity contribution in [2.24, 2.45) is 0 Å². The lowest BCUT2D eigenvalue weighted by molar-refractivity contribution is -0.108. The van der Waals surface area contributed by atoms with Gasteiger partial charge in [-0.3, -0.25) is 0 Å². The molecule has 0 amide bonds. The summed E-state index contributed by atoms with van der Waals surface area (Å²) in [6.45, 7) is 2.05. The minimum Gasteiger partial charge on any atom is -0.303 e. The van der Waals surface area contributed by atoms with E-state index in [0.29, 0.717) is 6.42 Å². The SMILES string of the molecule is CC(CC=O)c1ccc2cnncc2c1. The van der Waals surface area contributed by atoms with Gasteiger partial charge in [-0.15, -0.1) is 0 Å². The average Bonchev–Trinajstić information content (AvgIpc) is 2.29. The quantitative estimate of drug-likeness (QED) is 0.714. The number of aldehydes is 1. The molecule has 0 radical (unpaired) electrons. The fourth-order valence-corrected chi connectivity index (χ4v) is 1.60. The van der Waals surface area contributed by atoms with Gasteiger partial charge in [0, 0.05) is 17.2 Å². The number of benzene rings is 1. The molecule has 0 bridgehead atoms. The van der Waals surface area contributed by atoms with Crippen molar-refractivity contribution in [1.29, 1.82) is 0 Å². The topological polar surface area (TPSA) is 42.9 Å². The summed E-state index contributed by atoms with van der Waals surface area (Å²) in [7, 11) is 0. The normalized spacial score (nSPS) is 12.6. The van der Waals surface area contributed by atoms with Crippen LogP contribution in [0.15, 0.2) is 30.6 Å². The first-order valence-electron chi connectivity index (χ1n) is 4.95. The Balaban J connectivity index is 2.42. The van der Waals surface area contributed by atoms with Crippen molar-refractivity contribution in [2.45, 2.75) is 19.3 Å². The summed E-state index contributed by atoms with van der Waals surface area (Å²) in [4.78, 5) is 10.4. The summed E-state index contributed by atoms with van der Waals surface area (Å²) in [5.74, 6) is 0.264. The first-order chi connectivity index (χ1) is 7.31. The minimum atomic E-state index is 0.264. The molecule has 2 aromatic rings. The smallest absolute Gasteiger partial charge is 0.120 e. The number of carbonyl (C=O) groups is 1. The summed E-state index contributed by atoms with van der Waals surface area (Å²) in [5.41, 5.74) is 1.17. The van der Waals surface area contributed by atoms with E-state index in [9.17, 15) is 4.79 Å². The molecule has 2 rings (SSSR count). The molecule has 0 N–H and O–H groups in total. The van der Waals surface area contributed by atoms with Crippen LogP contribution in [-0.4, -0.2) is 16.5 Å². The maximum Gasteiger partial charge on any atom is 0.120 e. The Morgan fingerprint density at radius 1 is 1.27 bits per heavy atom. The van der Waals surface area contributed by atoms with Crippen molar-refractivity contribution in [3.05, 3.63) is 36.2 Å². The van der Waals surface area contributed by atoms with Crippen LogP contribution in [0, 0.1) is 0 Å². The van der Waals surface area contributed by atoms with Gasteiger partial charge in [0.25, 0.3) is 0 Å². The maximum atomic E-state index is 10.4. The van der Waals surface area contributed by atoms with E-state index < -0.39 is 0 Å². The Morgan fingerprint density at radius 3 is 2.73 bits per heavy atom. The average molecular weight is 200 g/mol. The summed E-state index contributed by atoms with van der Waals surface area (Å²) in [6, 6.07) is 6.12. The first kappa shape index (κ1) is 9.77. The predicted octanol–water partition coefficient (Wildman–Crippen LogP) is 2.32. The number of hydrogen-bond donors (Lipinski definition) is 0. The molecule has 76 valence electrons. The number of hydrogen-bond acceptors (Lipinski definition) is 3. The predicted molar refractivity (Wildman–Crippen MR) is 58.6 cm³/mol. The van der Waals surface area contributed by atoms with Gasteiger partial charge < -0.3 is 4.79 Å². The Bertz CT molecular complexity index is 482. The maximum absolute atomic E-state index is 10.4. The largest absolute Gasteiger partial charge is 0.303 e. The Morgan fingerprint density at radius 2 is 2.00 bits per heavy atom. The molecule has 3 heteroatoms. The highest BCUT2D eigenvalue weighted by Gasteiger charge is 2.05. The van der Waals surface area contributed by atoms with Crippen LogP contribution in [0.3, 0.4) is 0 Å². The second kappa shape index (κ2) is 4.17. The number of fused-ring (bicyclic) bond motifs is 1. The molecule has 3 nitrogen and oxygen atoms in total. The van der Waals surface area contributed by atoms with Crippen LogP contribution in [0.4, 0.5) is 0 Å². The standard InChI is InChI=1S/C12H12N2O/c1-9(4-5-15)10-2-3-11-7-13-14-8-12(11)6-10/h2-3,5-9H,4H2,1H3. The van der Waals surface area contributed by atoms with Crippen LogP contribution in [-0.2, 0) is 4.79 Å². The fourth-order valence-electron chi connectivity index (χ4n) is 1.60. The Kier molecular flexibility index (Phi) is 2.72. The van der Waals surface area contributed by atoms with E-state index in [-0.39, 0.29) is 5.92 Å². The first-order valence-corrected chi connectivity index (χ1v) is 4.95. The molecule has 0 aliphatic heterocycles. The Hall–Kier alpha value is -1.77. The van der Waals surface area contributed by atoms with Gasteiger partial charge in [0.15, 0.2) is 0 Å². The second-order valence-corrected chi connectivity index (χ2v) is 3.68. The van der Waals surface area contributed by atoms with E-state index >= 15 is 0 Å². The molecule has 0 saturated heterocycles. The molecule has 1 atom stereocenters. The van der Waals surface area contributed by atoms with Crippen molar-refractivity contribution < 1.29 is 4.79 Å². The van der Waals surface area contributed by atoms with Crippen molar-refractivity contribution >= 4 is 17.1 Å². The molecule has 15 heavy (non-hydrogen) atoms. The van der Waals surface area contributed by atoms with Crippen LogP contribution < -0.4 is 0 Å². The summed E-state index contributed by atoms with van der Waals surface area (Å²) in [5, 5.41) is 9.80. The zero-order valence-corrected chi connectivity index (χ0v) is 8.55. The van der Waals surface area contributed by atoms with Gasteiger partial charge in [-0.25, -0.2) is 0 Å². The van der Waals surface area contributed by atoms with Crippen molar-refractivity contribution in [3.8, 4) is 0 Å². The number of carbonyl (C=O) groups excluding carboxylic acids is 1. The summed E-state index contributed by atoms with van der Waals surface area (Å²) >= 11 is 0. The Labute approximate surface area is 88.1 Å². The van der Waals surface area contributed by atoms with Crippen LogP contribution in [0.25, 0.3) is 10.8 Å². The van der Waals surface area contributed by atoms with E-state index in [4.69, 9.17) is 0 Å². The van der Waals surface area contributed by atoms with E-state index in [1.807, 2.05) is 19.1 Å². The van der Waals surface area contributed by atoms with Gasteiger partial charge in [-0.1, -0.05) is 19.1 Å². The molecule has 0 aliphatic carbocycles. The highest BCUT2D eigenvalue weighted by molar-refractivity contribution is 5.81. The lowest BCUT2D eigenvalue weighted by Gasteiger charge is -2.08. The summed E-state index contributed by atoms with van der Waals surface area (Å²) in [6.07, 6.45) is 5.00. The molecule has 0 fully saturated rings. The monoisotopic (exact) mass is 200 g/mol. The van der Waals surface area contributed by atoms with E-state index in [1.54, 1.807) is 12.4 Å². The third kappa shape index (κ3) is 2.01. The third-order valence-corrected chi connectivity index (χ3v) is 2.59. The zero-order valence-electron chi connectivity index (χ0n) is 8.55. The molecular formula is C12H12N2O. The van der Waals surface area contributed by atoms with Gasteiger partial charge in [0.2, 0.25) is 0 Å². The number of aromatic nitrogens is 2. The number of rotatable bonds is 3. The van der Waals surface area contributed by atoms with E-state index in [1.165, 1.54) is 5.56 Å². The molecule has 1 aromatic heterocycles. The molecule has 0 spiro atoms. The van der Waals surface area contributed by atoms with Crippen LogP contribution in [0.5, 0.6) is 0 Å². The van der Waals surface area contributed by atoms with Crippen molar-refractivity contribution in [1.82, 2.24) is 10.2 Å². The highest BCUT2D eigenvalue weighted by atomic mass is 16.1. The van der Waals surface area contributed by atoms with E-state index in [0.717, 1.165) is 17.1 Å². The fraction of sp³-hybridized carbons (Fsp3) is 0.250. The van der Waals surface area contributed by atoms with Gasteiger partial charge >= 0.3 is 0 Å². The van der Waals surface area contributed by atoms with Crippen molar-refractivity contribution in [3.63, 3.8) is 0 Å². The zero-order chi connectivity index (χ0) is 10.7. The van der Waals surface area contributed by atoms with Crippen LogP contribution in [0.1, 0.15) is 24.8 Å². The lowest BCUT2D eigenvalue weighted by atomic mass is 9.97. The van der Waals surface area contributed by atoms with Crippen LogP contribution >= 0.6 is 0 Å².